The molecule has 0 spiro atoms. The van der Waals surface area contributed by atoms with E-state index in [2.05, 4.69) is 4.98 Å². The number of hydrogen-bond acceptors (Lipinski definition) is 4. The van der Waals surface area contributed by atoms with Crippen LogP contribution in [0.15, 0.2) is 64.9 Å². The van der Waals surface area contributed by atoms with Crippen LogP contribution < -0.4 is 0 Å². The fraction of sp³-hybridized carbons (Fsp3) is 0.0500. The van der Waals surface area contributed by atoms with Gasteiger partial charge < -0.3 is 5.11 Å². The van der Waals surface area contributed by atoms with Crippen LogP contribution in [0.2, 0.25) is 0 Å². The maximum atomic E-state index is 14.4. The first kappa shape index (κ1) is 17.0. The van der Waals surface area contributed by atoms with Crippen molar-refractivity contribution in [2.24, 2.45) is 0 Å². The Bertz CT molecular complexity index is 1030. The number of aromatic nitrogens is 1. The van der Waals surface area contributed by atoms with Gasteiger partial charge in [-0.1, -0.05) is 6.07 Å². The van der Waals surface area contributed by atoms with Crippen molar-refractivity contribution in [2.75, 3.05) is 0 Å². The Morgan fingerprint density at radius 2 is 1.92 bits per heavy atom. The highest BCUT2D eigenvalue weighted by Crippen LogP contribution is 2.44. The van der Waals surface area contributed by atoms with E-state index >= 15 is 0 Å². The van der Waals surface area contributed by atoms with E-state index in [1.165, 1.54) is 23.5 Å². The largest absolute Gasteiger partial charge is 0.384 e. The molecule has 3 heterocycles. The van der Waals surface area contributed by atoms with E-state index in [0.717, 1.165) is 16.5 Å². The molecule has 0 saturated heterocycles. The molecule has 0 aliphatic carbocycles. The molecule has 130 valence electrons. The van der Waals surface area contributed by atoms with Gasteiger partial charge in [-0.25, -0.2) is 8.78 Å². The number of aliphatic hydroxyl groups excluding tert-OH is 1. The second-order valence-electron chi connectivity index (χ2n) is 5.72. The van der Waals surface area contributed by atoms with Crippen LogP contribution in [0.1, 0.15) is 17.2 Å². The molecule has 0 saturated carbocycles. The highest BCUT2D eigenvalue weighted by Gasteiger charge is 2.24. The average molecular weight is 385 g/mol. The van der Waals surface area contributed by atoms with E-state index in [0.29, 0.717) is 16.7 Å². The predicted octanol–water partition coefficient (Wildman–Crippen LogP) is 5.90. The highest BCUT2D eigenvalue weighted by molar-refractivity contribution is 7.15. The van der Waals surface area contributed by atoms with Crippen molar-refractivity contribution >= 4 is 22.7 Å². The van der Waals surface area contributed by atoms with Crippen molar-refractivity contribution in [1.29, 1.82) is 0 Å². The quantitative estimate of drug-likeness (QED) is 0.474. The molecule has 0 aliphatic heterocycles. The normalized spacial score (nSPS) is 12.3. The minimum atomic E-state index is -0.968. The number of thiophene rings is 2. The Labute approximate surface area is 157 Å². The lowest BCUT2D eigenvalue weighted by Gasteiger charge is -2.15. The molecule has 3 aromatic heterocycles. The van der Waals surface area contributed by atoms with Crippen LogP contribution in [-0.4, -0.2) is 10.1 Å². The minimum absolute atomic E-state index is 0.266. The van der Waals surface area contributed by atoms with Crippen LogP contribution in [0.5, 0.6) is 0 Å². The molecule has 0 fully saturated rings. The highest BCUT2D eigenvalue weighted by atomic mass is 32.1. The third-order valence-electron chi connectivity index (χ3n) is 4.11. The molecule has 6 heteroatoms. The lowest BCUT2D eigenvalue weighted by atomic mass is 9.93. The van der Waals surface area contributed by atoms with Crippen LogP contribution >= 0.6 is 22.7 Å². The average Bonchev–Trinajstić information content (AvgIpc) is 3.31. The molecule has 0 amide bonds. The van der Waals surface area contributed by atoms with E-state index in [1.807, 2.05) is 16.8 Å². The van der Waals surface area contributed by atoms with Crippen LogP contribution in [0.3, 0.4) is 0 Å². The van der Waals surface area contributed by atoms with Gasteiger partial charge in [0.05, 0.1) is 0 Å². The van der Waals surface area contributed by atoms with Crippen molar-refractivity contribution in [3.05, 3.63) is 87.7 Å². The molecule has 0 bridgehead atoms. The van der Waals surface area contributed by atoms with E-state index in [-0.39, 0.29) is 5.56 Å². The van der Waals surface area contributed by atoms with Gasteiger partial charge in [-0.05, 0) is 40.4 Å². The second-order valence-corrected chi connectivity index (χ2v) is 7.38. The van der Waals surface area contributed by atoms with Crippen molar-refractivity contribution in [3.8, 4) is 21.6 Å². The van der Waals surface area contributed by atoms with Gasteiger partial charge in [0, 0.05) is 51.2 Å². The smallest absolute Gasteiger partial charge is 0.133 e. The summed E-state index contributed by atoms with van der Waals surface area (Å²) in [4.78, 5) is 4.92. The van der Waals surface area contributed by atoms with E-state index in [9.17, 15) is 13.9 Å². The van der Waals surface area contributed by atoms with Gasteiger partial charge in [0.1, 0.15) is 17.7 Å². The lowest BCUT2D eigenvalue weighted by Crippen LogP contribution is -2.02. The Morgan fingerprint density at radius 1 is 1.04 bits per heavy atom. The van der Waals surface area contributed by atoms with E-state index in [4.69, 9.17) is 0 Å². The van der Waals surface area contributed by atoms with E-state index < -0.39 is 17.7 Å². The molecule has 2 nitrogen and oxygen atoms in total. The summed E-state index contributed by atoms with van der Waals surface area (Å²) in [6, 6.07) is 8.97. The molecule has 1 atom stereocenters. The summed E-state index contributed by atoms with van der Waals surface area (Å²) >= 11 is 2.98. The monoisotopic (exact) mass is 385 g/mol. The van der Waals surface area contributed by atoms with Crippen LogP contribution in [0.4, 0.5) is 8.78 Å². The summed E-state index contributed by atoms with van der Waals surface area (Å²) in [5.74, 6) is -1.28. The fourth-order valence-electron chi connectivity index (χ4n) is 2.88. The first-order valence-electron chi connectivity index (χ1n) is 7.82. The standard InChI is InChI=1S/C20H13F2NOS2/c21-14-3-4-15(17(22)8-14)16-11-26-20(13-5-7-25-10-13)18(16)19(24)12-2-1-6-23-9-12/h1-11,19,24H. The minimum Gasteiger partial charge on any atom is -0.384 e. The first-order valence-corrected chi connectivity index (χ1v) is 9.65. The van der Waals surface area contributed by atoms with E-state index in [1.54, 1.807) is 41.2 Å². The number of halogens is 2. The molecule has 1 aromatic carbocycles. The Hall–Kier alpha value is -2.41. The maximum absolute atomic E-state index is 14.4. The number of rotatable bonds is 4. The molecular formula is C20H13F2NOS2. The number of pyridine rings is 1. The first-order chi connectivity index (χ1) is 12.6. The Kier molecular flexibility index (Phi) is 4.63. The molecule has 1 N–H and O–H groups in total. The van der Waals surface area contributed by atoms with Gasteiger partial charge in [0.25, 0.3) is 0 Å². The summed E-state index contributed by atoms with van der Waals surface area (Å²) < 4.78 is 27.7. The summed E-state index contributed by atoms with van der Waals surface area (Å²) in [6.45, 7) is 0. The Morgan fingerprint density at radius 3 is 2.62 bits per heavy atom. The van der Waals surface area contributed by atoms with Crippen molar-refractivity contribution in [2.45, 2.75) is 6.10 Å². The fourth-order valence-corrected chi connectivity index (χ4v) is 4.70. The third kappa shape index (κ3) is 3.07. The van der Waals surface area contributed by atoms with Gasteiger partial charge in [0.15, 0.2) is 0 Å². The van der Waals surface area contributed by atoms with Crippen molar-refractivity contribution in [1.82, 2.24) is 4.98 Å². The zero-order valence-electron chi connectivity index (χ0n) is 13.4. The summed E-state index contributed by atoms with van der Waals surface area (Å²) in [5, 5.41) is 16.8. The number of aliphatic hydroxyl groups is 1. The van der Waals surface area contributed by atoms with Gasteiger partial charge in [-0.3, -0.25) is 4.98 Å². The van der Waals surface area contributed by atoms with Crippen LogP contribution in [0.25, 0.3) is 21.6 Å². The topological polar surface area (TPSA) is 33.1 Å². The van der Waals surface area contributed by atoms with Crippen LogP contribution in [-0.2, 0) is 0 Å². The Balaban J connectivity index is 1.93. The van der Waals surface area contributed by atoms with Crippen LogP contribution in [0, 0.1) is 11.6 Å². The zero-order valence-corrected chi connectivity index (χ0v) is 15.0. The molecule has 4 aromatic rings. The van der Waals surface area contributed by atoms with Gasteiger partial charge in [0.2, 0.25) is 0 Å². The molecule has 4 rings (SSSR count). The van der Waals surface area contributed by atoms with Crippen molar-refractivity contribution < 1.29 is 13.9 Å². The summed E-state index contributed by atoms with van der Waals surface area (Å²) in [5.41, 5.74) is 3.01. The lowest BCUT2D eigenvalue weighted by molar-refractivity contribution is 0.221. The SMILES string of the molecule is OC(c1cccnc1)c1c(-c2ccc(F)cc2F)csc1-c1ccsc1. The number of hydrogen-bond donors (Lipinski definition) is 1. The molecular weight excluding hydrogens is 372 g/mol. The zero-order chi connectivity index (χ0) is 18.1. The van der Waals surface area contributed by atoms with Gasteiger partial charge >= 0.3 is 0 Å². The summed E-state index contributed by atoms with van der Waals surface area (Å²) in [7, 11) is 0. The molecule has 1 unspecified atom stereocenters. The predicted molar refractivity (Wildman–Crippen MR) is 101 cm³/mol. The third-order valence-corrected chi connectivity index (χ3v) is 5.84. The number of nitrogens with zero attached hydrogens (tertiary/aromatic N) is 1. The molecule has 26 heavy (non-hydrogen) atoms. The molecule has 0 aliphatic rings. The van der Waals surface area contributed by atoms with Gasteiger partial charge in [-0.15, -0.1) is 11.3 Å². The number of benzene rings is 1. The maximum Gasteiger partial charge on any atom is 0.133 e. The molecule has 0 radical (unpaired) electrons. The second kappa shape index (κ2) is 7.07. The van der Waals surface area contributed by atoms with Crippen molar-refractivity contribution in [3.63, 3.8) is 0 Å². The van der Waals surface area contributed by atoms with Gasteiger partial charge in [-0.2, -0.15) is 11.3 Å². The summed E-state index contributed by atoms with van der Waals surface area (Å²) in [6.07, 6.45) is 2.25.